The number of amides is 1. The van der Waals surface area contributed by atoms with Crippen molar-refractivity contribution in [1.29, 1.82) is 0 Å². The van der Waals surface area contributed by atoms with Crippen LogP contribution in [0.4, 0.5) is 0 Å². The van der Waals surface area contributed by atoms with E-state index in [-0.39, 0.29) is 23.0 Å². The molecule has 6 rings (SSSR count). The Kier molecular flexibility index (Phi) is 7.27. The normalized spacial score (nSPS) is 31.2. The number of aliphatic carboxylic acids is 1. The Labute approximate surface area is 228 Å². The van der Waals surface area contributed by atoms with Crippen molar-refractivity contribution in [2.45, 2.75) is 94.8 Å². The lowest BCUT2D eigenvalue weighted by Crippen LogP contribution is -2.58. The predicted molar refractivity (Wildman–Crippen MR) is 149 cm³/mol. The van der Waals surface area contributed by atoms with Gasteiger partial charge in [0.2, 0.25) is 0 Å². The quantitative estimate of drug-likeness (QED) is 0.549. The van der Waals surface area contributed by atoms with Gasteiger partial charge in [-0.2, -0.15) is 0 Å². The number of carboxylic acid groups (broad SMARTS) is 1. The maximum absolute atomic E-state index is 14.1. The lowest BCUT2D eigenvalue weighted by molar-refractivity contribution is -0.135. The van der Waals surface area contributed by atoms with E-state index in [1.165, 1.54) is 52.0 Å². The highest BCUT2D eigenvalue weighted by atomic mass is 16.4. The van der Waals surface area contributed by atoms with Crippen LogP contribution in [0.25, 0.3) is 11.0 Å². The summed E-state index contributed by atoms with van der Waals surface area (Å²) in [7, 11) is 1.44. The Morgan fingerprint density at radius 3 is 2.28 bits per heavy atom. The number of likely N-dealkylation sites (N-methyl/N-ethyl adjacent to an activating group) is 1. The first-order valence-corrected chi connectivity index (χ1v) is 14.7. The molecule has 4 aliphatic rings. The van der Waals surface area contributed by atoms with E-state index in [4.69, 9.17) is 0 Å². The molecular formula is C30H39N5O4. The number of aromatic nitrogens is 2. The summed E-state index contributed by atoms with van der Waals surface area (Å²) in [4.78, 5) is 49.5. The molecule has 2 aliphatic heterocycles. The second-order valence-corrected chi connectivity index (χ2v) is 12.1. The third kappa shape index (κ3) is 5.01. The van der Waals surface area contributed by atoms with Crippen molar-refractivity contribution in [3.63, 3.8) is 0 Å². The largest absolute Gasteiger partial charge is 0.480 e. The molecule has 1 amide bonds. The van der Waals surface area contributed by atoms with Crippen molar-refractivity contribution in [1.82, 2.24) is 19.8 Å². The number of nitrogens with one attached hydrogen (secondary N) is 1. The topological polar surface area (TPSA) is 117 Å². The Hall–Kier alpha value is -3.07. The van der Waals surface area contributed by atoms with Crippen LogP contribution in [0.1, 0.15) is 82.4 Å². The second kappa shape index (κ2) is 10.8. The minimum atomic E-state index is -1.18. The van der Waals surface area contributed by atoms with Gasteiger partial charge < -0.3 is 15.0 Å². The zero-order valence-electron chi connectivity index (χ0n) is 22.7. The number of carboxylic acids is 1. The lowest BCUT2D eigenvalue weighted by Gasteiger charge is -2.55. The molecule has 2 aromatic rings. The minimum absolute atomic E-state index is 0.01000. The number of carbonyl (C=O) groups excluding carboxylic acids is 1. The lowest BCUT2D eigenvalue weighted by atomic mass is 9.68. The van der Waals surface area contributed by atoms with Gasteiger partial charge in [-0.15, -0.1) is 0 Å². The summed E-state index contributed by atoms with van der Waals surface area (Å²) in [6, 6.07) is 9.09. The molecule has 4 atom stereocenters. The third-order valence-electron chi connectivity index (χ3n) is 9.73. The first-order chi connectivity index (χ1) is 18.9. The monoisotopic (exact) mass is 533 g/mol. The van der Waals surface area contributed by atoms with E-state index in [0.29, 0.717) is 23.6 Å². The number of piperidine rings is 2. The van der Waals surface area contributed by atoms with Crippen LogP contribution >= 0.6 is 0 Å². The molecule has 2 N–H and O–H groups in total. The summed E-state index contributed by atoms with van der Waals surface area (Å²) >= 11 is 0. The molecular weight excluding hydrogens is 494 g/mol. The summed E-state index contributed by atoms with van der Waals surface area (Å²) < 4.78 is 1.84. The SMILES string of the molecule is CNC(=O)C(=NCC(=O)O)c1nc2ccccc2n(C2CC3CCCC(C2)N3C2CC3CCCC(C3)C2)c1=O. The van der Waals surface area contributed by atoms with Crippen LogP contribution in [0.5, 0.6) is 0 Å². The molecule has 9 heteroatoms. The van der Waals surface area contributed by atoms with Gasteiger partial charge in [-0.3, -0.25) is 24.3 Å². The first kappa shape index (κ1) is 26.2. The van der Waals surface area contributed by atoms with Gasteiger partial charge in [-0.05, 0) is 68.9 Å². The average Bonchev–Trinajstić information content (AvgIpc) is 2.92. The highest BCUT2D eigenvalue weighted by Crippen LogP contribution is 2.47. The molecule has 2 aliphatic carbocycles. The van der Waals surface area contributed by atoms with Gasteiger partial charge in [0.05, 0.1) is 11.0 Å². The summed E-state index contributed by atoms with van der Waals surface area (Å²) in [6.45, 7) is -0.609. The Balaban J connectivity index is 1.38. The van der Waals surface area contributed by atoms with Crippen LogP contribution in [0, 0.1) is 11.8 Å². The van der Waals surface area contributed by atoms with Gasteiger partial charge in [-0.25, -0.2) is 4.98 Å². The van der Waals surface area contributed by atoms with Crippen LogP contribution in [0.2, 0.25) is 0 Å². The molecule has 1 aromatic carbocycles. The highest BCUT2D eigenvalue weighted by Gasteiger charge is 2.45. The van der Waals surface area contributed by atoms with Crippen molar-refractivity contribution in [2.24, 2.45) is 16.8 Å². The molecule has 9 nitrogen and oxygen atoms in total. The minimum Gasteiger partial charge on any atom is -0.480 e. The Morgan fingerprint density at radius 2 is 1.62 bits per heavy atom. The van der Waals surface area contributed by atoms with E-state index in [9.17, 15) is 19.5 Å². The number of para-hydroxylation sites is 2. The average molecular weight is 534 g/mol. The molecule has 2 saturated carbocycles. The van der Waals surface area contributed by atoms with Crippen molar-refractivity contribution in [2.75, 3.05) is 13.6 Å². The first-order valence-electron chi connectivity index (χ1n) is 14.7. The number of benzene rings is 1. The van der Waals surface area contributed by atoms with Gasteiger partial charge in [0, 0.05) is 31.2 Å². The van der Waals surface area contributed by atoms with Crippen LogP contribution in [-0.2, 0) is 9.59 Å². The predicted octanol–water partition coefficient (Wildman–Crippen LogP) is 3.54. The van der Waals surface area contributed by atoms with Crippen LogP contribution < -0.4 is 10.9 Å². The molecule has 1 aromatic heterocycles. The van der Waals surface area contributed by atoms with Gasteiger partial charge in [0.25, 0.3) is 11.5 Å². The van der Waals surface area contributed by atoms with E-state index in [2.05, 4.69) is 20.2 Å². The summed E-state index contributed by atoms with van der Waals surface area (Å²) in [6.07, 6.45) is 13.6. The molecule has 0 radical (unpaired) electrons. The van der Waals surface area contributed by atoms with Crippen LogP contribution in [-0.4, -0.2) is 68.9 Å². The molecule has 0 spiro atoms. The Bertz CT molecular complexity index is 1330. The fourth-order valence-electron chi connectivity index (χ4n) is 8.33. The van der Waals surface area contributed by atoms with Crippen molar-refractivity contribution in [3.8, 4) is 0 Å². The van der Waals surface area contributed by atoms with Crippen LogP contribution in [0.3, 0.4) is 0 Å². The zero-order chi connectivity index (χ0) is 27.1. The van der Waals surface area contributed by atoms with Gasteiger partial charge >= 0.3 is 5.97 Å². The van der Waals surface area contributed by atoms with E-state index in [1.54, 1.807) is 0 Å². The van der Waals surface area contributed by atoms with Crippen molar-refractivity contribution < 1.29 is 14.7 Å². The molecule has 39 heavy (non-hydrogen) atoms. The number of carbonyl (C=O) groups is 2. The molecule has 3 heterocycles. The summed E-state index contributed by atoms with van der Waals surface area (Å²) in [5.74, 6) is -0.0335. The van der Waals surface area contributed by atoms with E-state index in [1.807, 2.05) is 28.8 Å². The number of hydrogen-bond donors (Lipinski definition) is 2. The molecule has 4 bridgehead atoms. The number of aliphatic imine (C=N–C) groups is 1. The smallest absolute Gasteiger partial charge is 0.325 e. The van der Waals surface area contributed by atoms with Gasteiger partial charge in [-0.1, -0.05) is 37.8 Å². The fourth-order valence-corrected chi connectivity index (χ4v) is 8.33. The molecule has 4 fully saturated rings. The Morgan fingerprint density at radius 1 is 0.949 bits per heavy atom. The fraction of sp³-hybridized carbons (Fsp3) is 0.633. The van der Waals surface area contributed by atoms with Gasteiger partial charge in [0.15, 0.2) is 11.4 Å². The van der Waals surface area contributed by atoms with Crippen molar-refractivity contribution in [3.05, 3.63) is 40.3 Å². The zero-order valence-corrected chi connectivity index (χ0v) is 22.7. The third-order valence-corrected chi connectivity index (χ3v) is 9.73. The maximum Gasteiger partial charge on any atom is 0.325 e. The van der Waals surface area contributed by atoms with Crippen LogP contribution in [0.15, 0.2) is 34.1 Å². The number of rotatable bonds is 6. The molecule has 208 valence electrons. The highest BCUT2D eigenvalue weighted by molar-refractivity contribution is 6.45. The maximum atomic E-state index is 14.1. The summed E-state index contributed by atoms with van der Waals surface area (Å²) in [5.41, 5.74) is 0.680. The van der Waals surface area contributed by atoms with E-state index >= 15 is 0 Å². The van der Waals surface area contributed by atoms with Crippen molar-refractivity contribution >= 4 is 28.6 Å². The number of fused-ring (bicyclic) bond motifs is 5. The number of nitrogens with zero attached hydrogens (tertiary/aromatic N) is 4. The van der Waals surface area contributed by atoms with E-state index in [0.717, 1.165) is 43.0 Å². The second-order valence-electron chi connectivity index (χ2n) is 12.1. The molecule has 2 saturated heterocycles. The van der Waals surface area contributed by atoms with E-state index < -0.39 is 18.4 Å². The standard InChI is InChI=1S/C30H39N5O4/c1-31-29(38)27(32-17-26(36)37)28-30(39)35(25-11-3-2-10-24(25)33-28)23-15-20-8-5-9-21(16-23)34(20)22-13-18-6-4-7-19(12-18)14-22/h2-3,10-11,18-23H,4-9,12-17H2,1H3,(H,31,38)(H,36,37). The number of hydrogen-bond acceptors (Lipinski definition) is 6. The molecule has 4 unspecified atom stereocenters. The summed E-state index contributed by atoms with van der Waals surface area (Å²) in [5, 5.41) is 11.7. The van der Waals surface area contributed by atoms with Gasteiger partial charge in [0.1, 0.15) is 6.54 Å².